The highest BCUT2D eigenvalue weighted by Gasteiger charge is 2.05. The molecule has 0 saturated carbocycles. The molecule has 0 aliphatic heterocycles. The molecule has 0 fully saturated rings. The predicted octanol–water partition coefficient (Wildman–Crippen LogP) is 0.728. The largest absolute Gasteiger partial charge is 0.481 e. The highest BCUT2D eigenvalue weighted by Crippen LogP contribution is 2.17. The van der Waals surface area contributed by atoms with E-state index < -0.39 is 10.0 Å². The quantitative estimate of drug-likeness (QED) is 0.521. The summed E-state index contributed by atoms with van der Waals surface area (Å²) in [5.41, 5.74) is 0.987. The minimum Gasteiger partial charge on any atom is -0.481 e. The molecule has 20 heavy (non-hydrogen) atoms. The van der Waals surface area contributed by atoms with Gasteiger partial charge in [-0.15, -0.1) is 6.42 Å². The summed E-state index contributed by atoms with van der Waals surface area (Å²) < 4.78 is 30.4. The van der Waals surface area contributed by atoms with Crippen molar-refractivity contribution in [2.24, 2.45) is 0 Å². The van der Waals surface area contributed by atoms with E-state index in [0.29, 0.717) is 19.6 Å². The lowest BCUT2D eigenvalue weighted by Gasteiger charge is -2.10. The number of ether oxygens (including phenoxy) is 1. The van der Waals surface area contributed by atoms with Crippen LogP contribution >= 0.6 is 0 Å². The highest BCUT2D eigenvalue weighted by atomic mass is 32.2. The maximum absolute atomic E-state index is 11.2. The molecule has 1 rings (SSSR count). The molecular formula is C14H20N2O3S. The van der Waals surface area contributed by atoms with E-state index in [2.05, 4.69) is 16.0 Å². The molecule has 0 heterocycles. The average Bonchev–Trinajstić information content (AvgIpc) is 2.45. The van der Waals surface area contributed by atoms with Gasteiger partial charge in [0.15, 0.2) is 0 Å². The van der Waals surface area contributed by atoms with Gasteiger partial charge in [-0.3, -0.25) is 0 Å². The Morgan fingerprint density at radius 2 is 2.05 bits per heavy atom. The van der Waals surface area contributed by atoms with Gasteiger partial charge in [0.2, 0.25) is 10.0 Å². The van der Waals surface area contributed by atoms with Gasteiger partial charge in [0, 0.05) is 25.2 Å². The molecule has 6 heteroatoms. The van der Waals surface area contributed by atoms with Crippen molar-refractivity contribution in [1.29, 1.82) is 0 Å². The van der Waals surface area contributed by atoms with Crippen LogP contribution < -0.4 is 14.8 Å². The summed E-state index contributed by atoms with van der Waals surface area (Å²) in [6.45, 7) is 3.34. The van der Waals surface area contributed by atoms with E-state index >= 15 is 0 Å². The maximum Gasteiger partial charge on any atom is 0.211 e. The van der Waals surface area contributed by atoms with Crippen molar-refractivity contribution in [3.8, 4) is 18.1 Å². The van der Waals surface area contributed by atoms with Gasteiger partial charge in [-0.1, -0.05) is 24.1 Å². The van der Waals surface area contributed by atoms with Gasteiger partial charge >= 0.3 is 0 Å². The summed E-state index contributed by atoms with van der Waals surface area (Å²) in [5.74, 6) is 3.26. The van der Waals surface area contributed by atoms with Crippen molar-refractivity contribution < 1.29 is 13.2 Å². The van der Waals surface area contributed by atoms with Crippen LogP contribution in [0.15, 0.2) is 24.3 Å². The maximum atomic E-state index is 11.2. The van der Waals surface area contributed by atoms with Gasteiger partial charge in [-0.05, 0) is 13.0 Å². The molecule has 0 radical (unpaired) electrons. The van der Waals surface area contributed by atoms with Crippen molar-refractivity contribution >= 4 is 10.0 Å². The molecule has 0 amide bonds. The Balaban J connectivity index is 2.37. The molecular weight excluding hydrogens is 276 g/mol. The Hall–Kier alpha value is -1.55. The van der Waals surface area contributed by atoms with Gasteiger partial charge in [0.1, 0.15) is 12.4 Å². The first kappa shape index (κ1) is 16.5. The van der Waals surface area contributed by atoms with Crippen LogP contribution in [-0.4, -0.2) is 33.9 Å². The van der Waals surface area contributed by atoms with Crippen LogP contribution in [0.2, 0.25) is 0 Å². The summed E-state index contributed by atoms with van der Waals surface area (Å²) in [6.07, 6.45) is 5.16. The van der Waals surface area contributed by atoms with Crippen LogP contribution in [0, 0.1) is 12.3 Å². The normalized spacial score (nSPS) is 11.0. The lowest BCUT2D eigenvalue weighted by Crippen LogP contribution is -2.32. The molecule has 0 atom stereocenters. The summed E-state index contributed by atoms with van der Waals surface area (Å²) in [4.78, 5) is 0. The van der Waals surface area contributed by atoms with Crippen molar-refractivity contribution in [2.45, 2.75) is 13.5 Å². The molecule has 0 spiro atoms. The third-order valence-electron chi connectivity index (χ3n) is 2.60. The predicted molar refractivity (Wildman–Crippen MR) is 79.9 cm³/mol. The summed E-state index contributed by atoms with van der Waals surface area (Å²) in [5, 5.41) is 3.16. The number of hydrogen-bond donors (Lipinski definition) is 2. The number of benzene rings is 1. The van der Waals surface area contributed by atoms with E-state index in [-0.39, 0.29) is 12.4 Å². The molecule has 0 aliphatic carbocycles. The Bertz CT molecular complexity index is 550. The molecule has 0 saturated heterocycles. The highest BCUT2D eigenvalue weighted by molar-refractivity contribution is 7.89. The Morgan fingerprint density at radius 3 is 2.75 bits per heavy atom. The fraction of sp³-hybridized carbons (Fsp3) is 0.429. The van der Waals surface area contributed by atoms with E-state index in [9.17, 15) is 8.42 Å². The zero-order chi connectivity index (χ0) is 14.8. The van der Waals surface area contributed by atoms with Crippen molar-refractivity contribution in [2.75, 3.05) is 25.4 Å². The van der Waals surface area contributed by atoms with Crippen LogP contribution in [0.1, 0.15) is 12.5 Å². The van der Waals surface area contributed by atoms with E-state index in [4.69, 9.17) is 11.2 Å². The molecule has 1 aromatic rings. The number of nitrogens with one attached hydrogen (secondary N) is 2. The summed E-state index contributed by atoms with van der Waals surface area (Å²) >= 11 is 0. The van der Waals surface area contributed by atoms with Crippen LogP contribution in [0.25, 0.3) is 0 Å². The van der Waals surface area contributed by atoms with Gasteiger partial charge in [-0.2, -0.15) is 0 Å². The molecule has 110 valence electrons. The average molecular weight is 296 g/mol. The van der Waals surface area contributed by atoms with E-state index in [1.54, 1.807) is 6.92 Å². The monoisotopic (exact) mass is 296 g/mol. The number of rotatable bonds is 9. The summed E-state index contributed by atoms with van der Waals surface area (Å²) in [7, 11) is -3.12. The molecule has 0 aromatic heterocycles. The fourth-order valence-electron chi connectivity index (χ4n) is 1.53. The van der Waals surface area contributed by atoms with Crippen LogP contribution in [0.3, 0.4) is 0 Å². The molecule has 0 unspecified atom stereocenters. The first-order valence-electron chi connectivity index (χ1n) is 6.41. The molecule has 2 N–H and O–H groups in total. The van der Waals surface area contributed by atoms with Gasteiger partial charge in [-0.25, -0.2) is 13.1 Å². The van der Waals surface area contributed by atoms with E-state index in [1.807, 2.05) is 24.3 Å². The second kappa shape index (κ2) is 8.59. The van der Waals surface area contributed by atoms with Crippen LogP contribution in [0.4, 0.5) is 0 Å². The van der Waals surface area contributed by atoms with Crippen LogP contribution in [-0.2, 0) is 16.6 Å². The third kappa shape index (κ3) is 6.06. The number of para-hydroxylation sites is 1. The second-order valence-electron chi connectivity index (χ2n) is 4.08. The molecule has 1 aromatic carbocycles. The number of sulfonamides is 1. The minimum atomic E-state index is -3.12. The molecule has 0 aliphatic rings. The van der Waals surface area contributed by atoms with Crippen LogP contribution in [0.5, 0.6) is 5.75 Å². The first-order valence-corrected chi connectivity index (χ1v) is 8.06. The second-order valence-corrected chi connectivity index (χ2v) is 6.17. The summed E-state index contributed by atoms with van der Waals surface area (Å²) in [6, 6.07) is 7.59. The van der Waals surface area contributed by atoms with Gasteiger partial charge in [0.05, 0.1) is 5.75 Å². The molecule has 5 nitrogen and oxygen atoms in total. The standard InChI is InChI=1S/C14H20N2O3S/c1-3-11-19-14-8-6-5-7-13(14)12-15-9-10-16-20(17,18)4-2/h1,5-8,15-16H,4,9-12H2,2H3. The lowest BCUT2D eigenvalue weighted by atomic mass is 10.2. The fourth-order valence-corrected chi connectivity index (χ4v) is 2.15. The zero-order valence-electron chi connectivity index (χ0n) is 11.6. The number of terminal acetylenes is 1. The van der Waals surface area contributed by atoms with E-state index in [1.165, 1.54) is 0 Å². The Morgan fingerprint density at radius 1 is 1.30 bits per heavy atom. The van der Waals surface area contributed by atoms with Gasteiger partial charge < -0.3 is 10.1 Å². The number of hydrogen-bond acceptors (Lipinski definition) is 4. The van der Waals surface area contributed by atoms with Crippen molar-refractivity contribution in [3.63, 3.8) is 0 Å². The Kier molecular flexibility index (Phi) is 7.09. The lowest BCUT2D eigenvalue weighted by molar-refractivity contribution is 0.365. The zero-order valence-corrected chi connectivity index (χ0v) is 12.4. The minimum absolute atomic E-state index is 0.0930. The van der Waals surface area contributed by atoms with Crippen molar-refractivity contribution in [3.05, 3.63) is 29.8 Å². The van der Waals surface area contributed by atoms with Crippen molar-refractivity contribution in [1.82, 2.24) is 10.0 Å². The van der Waals surface area contributed by atoms with E-state index in [0.717, 1.165) is 11.3 Å². The van der Waals surface area contributed by atoms with Gasteiger partial charge in [0.25, 0.3) is 0 Å². The SMILES string of the molecule is C#CCOc1ccccc1CNCCNS(=O)(=O)CC. The third-order valence-corrected chi connectivity index (χ3v) is 4.01. The Labute approximate surface area is 120 Å². The first-order chi connectivity index (χ1) is 9.59. The topological polar surface area (TPSA) is 67.4 Å². The molecule has 0 bridgehead atoms. The smallest absolute Gasteiger partial charge is 0.211 e.